The fourth-order valence-corrected chi connectivity index (χ4v) is 3.00. The van der Waals surface area contributed by atoms with E-state index in [-0.39, 0.29) is 11.8 Å². The maximum absolute atomic E-state index is 12.8. The summed E-state index contributed by atoms with van der Waals surface area (Å²) in [6.07, 6.45) is 2.41. The third-order valence-corrected chi connectivity index (χ3v) is 4.51. The molecule has 0 saturated heterocycles. The maximum atomic E-state index is 12.8. The number of aryl methyl sites for hydroxylation is 1. The summed E-state index contributed by atoms with van der Waals surface area (Å²) in [7, 11) is 0. The third-order valence-electron chi connectivity index (χ3n) is 4.51. The van der Waals surface area contributed by atoms with Crippen LogP contribution in [0.1, 0.15) is 72.3 Å². The molecule has 3 heterocycles. The minimum absolute atomic E-state index is 0.107. The van der Waals surface area contributed by atoms with Crippen LogP contribution < -0.4 is 0 Å². The average Bonchev–Trinajstić information content (AvgIpc) is 3.16. The van der Waals surface area contributed by atoms with Crippen molar-refractivity contribution in [1.29, 1.82) is 0 Å². The average molecular weight is 315 g/mol. The molecule has 2 aliphatic rings. The molecule has 7 heteroatoms. The number of nitrogens with zero attached hydrogens (tertiary/aromatic N) is 5. The van der Waals surface area contributed by atoms with Gasteiger partial charge < -0.3 is 13.9 Å². The van der Waals surface area contributed by atoms with Gasteiger partial charge in [-0.05, 0) is 19.8 Å². The summed E-state index contributed by atoms with van der Waals surface area (Å²) in [5.74, 6) is 3.55. The predicted molar refractivity (Wildman–Crippen MR) is 82.1 cm³/mol. The second kappa shape index (κ2) is 5.18. The number of carbonyl (C=O) groups is 1. The molecule has 7 nitrogen and oxygen atoms in total. The van der Waals surface area contributed by atoms with Gasteiger partial charge in [-0.2, -0.15) is 0 Å². The van der Waals surface area contributed by atoms with E-state index in [1.165, 1.54) is 12.8 Å². The highest BCUT2D eigenvalue weighted by Gasteiger charge is 2.34. The van der Waals surface area contributed by atoms with Crippen LogP contribution >= 0.6 is 0 Å². The fraction of sp³-hybridized carbons (Fsp3) is 0.625. The van der Waals surface area contributed by atoms with E-state index in [1.807, 2.05) is 20.8 Å². The molecular formula is C16H21N5O2. The molecule has 1 saturated carbocycles. The van der Waals surface area contributed by atoms with Gasteiger partial charge in [-0.25, -0.2) is 4.98 Å². The normalized spacial score (nSPS) is 17.7. The predicted octanol–water partition coefficient (Wildman–Crippen LogP) is 2.23. The molecule has 1 aliphatic carbocycles. The van der Waals surface area contributed by atoms with Crippen LogP contribution in [-0.4, -0.2) is 37.1 Å². The van der Waals surface area contributed by atoms with Gasteiger partial charge in [0, 0.05) is 24.9 Å². The van der Waals surface area contributed by atoms with Crippen molar-refractivity contribution < 1.29 is 9.21 Å². The highest BCUT2D eigenvalue weighted by Crippen LogP contribution is 2.39. The monoisotopic (exact) mass is 315 g/mol. The molecule has 0 N–H and O–H groups in total. The second-order valence-corrected chi connectivity index (χ2v) is 6.75. The molecule has 4 rings (SSSR count). The van der Waals surface area contributed by atoms with E-state index in [1.54, 1.807) is 4.90 Å². The Morgan fingerprint density at radius 1 is 1.26 bits per heavy atom. The molecule has 1 amide bonds. The Hall–Kier alpha value is -2.18. The Kier molecular flexibility index (Phi) is 3.25. The van der Waals surface area contributed by atoms with E-state index in [0.29, 0.717) is 36.4 Å². The van der Waals surface area contributed by atoms with Crippen molar-refractivity contribution in [3.05, 3.63) is 29.0 Å². The van der Waals surface area contributed by atoms with Crippen LogP contribution in [0.15, 0.2) is 4.42 Å². The van der Waals surface area contributed by atoms with Crippen molar-refractivity contribution in [3.8, 4) is 0 Å². The molecule has 1 fully saturated rings. The molecule has 0 atom stereocenters. The summed E-state index contributed by atoms with van der Waals surface area (Å²) in [4.78, 5) is 18.9. The van der Waals surface area contributed by atoms with Crippen LogP contribution in [0.4, 0.5) is 0 Å². The summed E-state index contributed by atoms with van der Waals surface area (Å²) in [5.41, 5.74) is 0.657. The van der Waals surface area contributed by atoms with Gasteiger partial charge in [-0.3, -0.25) is 4.79 Å². The van der Waals surface area contributed by atoms with Crippen LogP contribution in [0, 0.1) is 6.92 Å². The van der Waals surface area contributed by atoms with E-state index < -0.39 is 0 Å². The van der Waals surface area contributed by atoms with Gasteiger partial charge in [-0.1, -0.05) is 13.8 Å². The summed E-state index contributed by atoms with van der Waals surface area (Å²) in [5, 5.41) is 8.58. The standard InChI is InChI=1S/C16H21N5O2/c1-9(2)15-17-10(3)13(23-15)16(22)20-6-7-21-12(8-20)18-19-14(21)11-4-5-11/h9,11H,4-8H2,1-3H3. The molecule has 2 aromatic rings. The lowest BCUT2D eigenvalue weighted by molar-refractivity contribution is 0.0670. The van der Waals surface area contributed by atoms with Gasteiger partial charge in [0.25, 0.3) is 5.91 Å². The molecule has 2 aromatic heterocycles. The number of amides is 1. The van der Waals surface area contributed by atoms with E-state index >= 15 is 0 Å². The van der Waals surface area contributed by atoms with Crippen LogP contribution in [0.3, 0.4) is 0 Å². The Bertz CT molecular complexity index is 757. The lowest BCUT2D eigenvalue weighted by atomic mass is 10.2. The molecule has 0 radical (unpaired) electrons. The molecule has 0 aromatic carbocycles. The number of fused-ring (bicyclic) bond motifs is 1. The van der Waals surface area contributed by atoms with Crippen molar-refractivity contribution in [3.63, 3.8) is 0 Å². The SMILES string of the molecule is Cc1nc(C(C)C)oc1C(=O)N1CCn2c(nnc2C2CC2)C1. The van der Waals surface area contributed by atoms with E-state index in [9.17, 15) is 4.79 Å². The number of hydrogen-bond donors (Lipinski definition) is 0. The van der Waals surface area contributed by atoms with Crippen molar-refractivity contribution >= 4 is 5.91 Å². The Balaban J connectivity index is 1.55. The Morgan fingerprint density at radius 2 is 2.04 bits per heavy atom. The lowest BCUT2D eigenvalue weighted by Gasteiger charge is -2.27. The lowest BCUT2D eigenvalue weighted by Crippen LogP contribution is -2.38. The van der Waals surface area contributed by atoms with E-state index in [4.69, 9.17) is 4.42 Å². The van der Waals surface area contributed by atoms with Gasteiger partial charge in [0.1, 0.15) is 5.82 Å². The fourth-order valence-electron chi connectivity index (χ4n) is 3.00. The highest BCUT2D eigenvalue weighted by molar-refractivity contribution is 5.92. The smallest absolute Gasteiger partial charge is 0.292 e. The van der Waals surface area contributed by atoms with Crippen molar-refractivity contribution in [2.24, 2.45) is 0 Å². The summed E-state index contributed by atoms with van der Waals surface area (Å²) >= 11 is 0. The first-order chi connectivity index (χ1) is 11.0. The van der Waals surface area contributed by atoms with Crippen LogP contribution in [-0.2, 0) is 13.1 Å². The zero-order chi connectivity index (χ0) is 16.1. The van der Waals surface area contributed by atoms with Crippen molar-refractivity contribution in [2.45, 2.75) is 58.5 Å². The number of rotatable bonds is 3. The zero-order valence-electron chi connectivity index (χ0n) is 13.7. The second-order valence-electron chi connectivity index (χ2n) is 6.75. The van der Waals surface area contributed by atoms with E-state index in [0.717, 1.165) is 18.2 Å². The maximum Gasteiger partial charge on any atom is 0.292 e. The molecule has 0 unspecified atom stereocenters. The summed E-state index contributed by atoms with van der Waals surface area (Å²) < 4.78 is 7.86. The molecule has 0 spiro atoms. The first kappa shape index (κ1) is 14.4. The number of oxazole rings is 1. The summed E-state index contributed by atoms with van der Waals surface area (Å²) in [6, 6.07) is 0. The van der Waals surface area contributed by atoms with Gasteiger partial charge in [-0.15, -0.1) is 10.2 Å². The van der Waals surface area contributed by atoms with Crippen molar-refractivity contribution in [1.82, 2.24) is 24.6 Å². The third kappa shape index (κ3) is 2.44. The van der Waals surface area contributed by atoms with Gasteiger partial charge in [0.05, 0.1) is 12.2 Å². The van der Waals surface area contributed by atoms with Crippen LogP contribution in [0.2, 0.25) is 0 Å². The minimum Gasteiger partial charge on any atom is -0.435 e. The number of carbonyl (C=O) groups excluding carboxylic acids is 1. The molecule has 23 heavy (non-hydrogen) atoms. The first-order valence-electron chi connectivity index (χ1n) is 8.23. The largest absolute Gasteiger partial charge is 0.435 e. The van der Waals surface area contributed by atoms with Crippen molar-refractivity contribution in [2.75, 3.05) is 6.54 Å². The number of hydrogen-bond acceptors (Lipinski definition) is 5. The first-order valence-corrected chi connectivity index (χ1v) is 8.23. The van der Waals surface area contributed by atoms with E-state index in [2.05, 4.69) is 19.7 Å². The molecule has 1 aliphatic heterocycles. The topological polar surface area (TPSA) is 77.0 Å². The Morgan fingerprint density at radius 3 is 2.70 bits per heavy atom. The van der Waals surface area contributed by atoms with Crippen LogP contribution in [0.5, 0.6) is 0 Å². The van der Waals surface area contributed by atoms with Gasteiger partial charge in [0.15, 0.2) is 11.7 Å². The van der Waals surface area contributed by atoms with Crippen LogP contribution in [0.25, 0.3) is 0 Å². The van der Waals surface area contributed by atoms with Gasteiger partial charge in [0.2, 0.25) is 5.76 Å². The molecular weight excluding hydrogens is 294 g/mol. The molecule has 0 bridgehead atoms. The minimum atomic E-state index is -0.107. The summed E-state index contributed by atoms with van der Waals surface area (Å²) in [6.45, 7) is 7.71. The number of aromatic nitrogens is 4. The van der Waals surface area contributed by atoms with Gasteiger partial charge >= 0.3 is 0 Å². The highest BCUT2D eigenvalue weighted by atomic mass is 16.4. The zero-order valence-corrected chi connectivity index (χ0v) is 13.7. The molecule has 122 valence electrons. The quantitative estimate of drug-likeness (QED) is 0.868. The Labute approximate surface area is 134 Å².